The van der Waals surface area contributed by atoms with Gasteiger partial charge in [0, 0.05) is 17.5 Å². The second-order valence-corrected chi connectivity index (χ2v) is 6.80. The Balaban J connectivity index is 1.74. The Morgan fingerprint density at radius 2 is 1.93 bits per heavy atom. The third-order valence-electron chi connectivity index (χ3n) is 5.06. The van der Waals surface area contributed by atoms with E-state index in [9.17, 15) is 13.9 Å². The van der Waals surface area contributed by atoms with Gasteiger partial charge in [0.25, 0.3) is 0 Å². The van der Waals surface area contributed by atoms with E-state index in [-0.39, 0.29) is 12.1 Å². The van der Waals surface area contributed by atoms with Crippen LogP contribution in [0.5, 0.6) is 0 Å². The van der Waals surface area contributed by atoms with Crippen molar-refractivity contribution in [1.29, 1.82) is 0 Å². The van der Waals surface area contributed by atoms with Crippen molar-refractivity contribution in [2.45, 2.75) is 25.0 Å². The molecule has 0 spiro atoms. The summed E-state index contributed by atoms with van der Waals surface area (Å²) in [6, 6.07) is 10.5. The molecule has 4 aromatic rings. The van der Waals surface area contributed by atoms with Gasteiger partial charge in [0.05, 0.1) is 24.6 Å². The fourth-order valence-corrected chi connectivity index (χ4v) is 3.39. The molecule has 2 atom stereocenters. The van der Waals surface area contributed by atoms with Crippen LogP contribution in [0.15, 0.2) is 67.5 Å². The van der Waals surface area contributed by atoms with Crippen LogP contribution in [0.1, 0.15) is 24.0 Å². The largest absolute Gasteiger partial charge is 0.382 e. The molecule has 0 radical (unpaired) electrons. The number of aromatic nitrogens is 6. The van der Waals surface area contributed by atoms with E-state index in [1.807, 2.05) is 24.3 Å². The van der Waals surface area contributed by atoms with Crippen molar-refractivity contribution < 1.29 is 13.9 Å². The van der Waals surface area contributed by atoms with Gasteiger partial charge in [-0.25, -0.2) is 23.1 Å². The Morgan fingerprint density at radius 3 is 2.55 bits per heavy atom. The molecule has 0 saturated heterocycles. The van der Waals surface area contributed by atoms with Gasteiger partial charge in [-0.05, 0) is 23.8 Å². The van der Waals surface area contributed by atoms with Gasteiger partial charge in [-0.1, -0.05) is 30.3 Å². The monoisotopic (exact) mass is 396 g/mol. The molecule has 0 unspecified atom stereocenters. The van der Waals surface area contributed by atoms with Gasteiger partial charge in [-0.2, -0.15) is 5.10 Å². The minimum atomic E-state index is -1.69. The minimum absolute atomic E-state index is 0.0118. The summed E-state index contributed by atoms with van der Waals surface area (Å²) in [7, 11) is 0. The summed E-state index contributed by atoms with van der Waals surface area (Å²) in [6.45, 7) is 1.73. The Labute approximate surface area is 165 Å². The summed E-state index contributed by atoms with van der Waals surface area (Å²) < 4.78 is 31.1. The van der Waals surface area contributed by atoms with E-state index in [2.05, 4.69) is 20.4 Å². The summed E-state index contributed by atoms with van der Waals surface area (Å²) in [5.74, 6) is -2.07. The van der Waals surface area contributed by atoms with Crippen LogP contribution in [0.25, 0.3) is 5.69 Å². The van der Waals surface area contributed by atoms with Crippen molar-refractivity contribution in [1.82, 2.24) is 29.8 Å². The predicted octanol–water partition coefficient (Wildman–Crippen LogP) is 2.83. The van der Waals surface area contributed by atoms with Crippen molar-refractivity contribution in [3.05, 3.63) is 90.3 Å². The van der Waals surface area contributed by atoms with Gasteiger partial charge < -0.3 is 5.11 Å². The van der Waals surface area contributed by atoms with Crippen molar-refractivity contribution >= 4 is 0 Å². The lowest BCUT2D eigenvalue weighted by atomic mass is 9.78. The Bertz CT molecular complexity index is 1080. The lowest BCUT2D eigenvalue weighted by Crippen LogP contribution is -2.38. The van der Waals surface area contributed by atoms with E-state index < -0.39 is 23.2 Å². The second-order valence-electron chi connectivity index (χ2n) is 6.80. The van der Waals surface area contributed by atoms with Gasteiger partial charge in [-0.3, -0.25) is 0 Å². The number of benzene rings is 2. The van der Waals surface area contributed by atoms with Crippen LogP contribution >= 0.6 is 0 Å². The van der Waals surface area contributed by atoms with Crippen LogP contribution in [0.4, 0.5) is 8.78 Å². The van der Waals surface area contributed by atoms with Crippen LogP contribution in [-0.4, -0.2) is 34.9 Å². The number of nitrogens with zero attached hydrogens (tertiary/aromatic N) is 6. The standard InChI is InChI=1S/C20H18F2N6O/c1-14(15-2-5-17(6-3-15)28-9-8-24-26-28)20(29,11-27-13-23-12-25-27)18-7-4-16(21)10-19(18)22/h2-10,12-14,29H,11H2,1H3/t14-,20+/m0/s1. The average Bonchev–Trinajstić information content (AvgIpc) is 3.41. The van der Waals surface area contributed by atoms with Crippen molar-refractivity contribution in [3.63, 3.8) is 0 Å². The van der Waals surface area contributed by atoms with E-state index in [1.54, 1.807) is 24.0 Å². The summed E-state index contributed by atoms with van der Waals surface area (Å²) in [5, 5.41) is 23.4. The van der Waals surface area contributed by atoms with E-state index in [4.69, 9.17) is 0 Å². The molecule has 9 heteroatoms. The Morgan fingerprint density at radius 1 is 1.14 bits per heavy atom. The zero-order valence-corrected chi connectivity index (χ0v) is 15.5. The molecule has 0 aliphatic carbocycles. The first-order chi connectivity index (χ1) is 14.0. The van der Waals surface area contributed by atoms with Gasteiger partial charge in [-0.15, -0.1) is 5.10 Å². The zero-order valence-electron chi connectivity index (χ0n) is 15.5. The van der Waals surface area contributed by atoms with Gasteiger partial charge in [0.2, 0.25) is 0 Å². The first-order valence-corrected chi connectivity index (χ1v) is 8.94. The first kappa shape index (κ1) is 18.9. The van der Waals surface area contributed by atoms with Crippen LogP contribution in [0.2, 0.25) is 0 Å². The number of hydrogen-bond donors (Lipinski definition) is 1. The maximum absolute atomic E-state index is 14.6. The first-order valence-electron chi connectivity index (χ1n) is 8.94. The highest BCUT2D eigenvalue weighted by molar-refractivity contribution is 5.38. The Kier molecular flexibility index (Phi) is 4.89. The van der Waals surface area contributed by atoms with Crippen molar-refractivity contribution in [2.24, 2.45) is 0 Å². The normalized spacial score (nSPS) is 14.5. The van der Waals surface area contributed by atoms with Crippen molar-refractivity contribution in [3.8, 4) is 5.69 Å². The molecular weight excluding hydrogens is 378 g/mol. The highest BCUT2D eigenvalue weighted by atomic mass is 19.1. The van der Waals surface area contributed by atoms with Gasteiger partial charge >= 0.3 is 0 Å². The number of rotatable bonds is 6. The second kappa shape index (κ2) is 7.51. The molecule has 2 aromatic heterocycles. The Hall–Kier alpha value is -3.46. The number of halogens is 2. The zero-order chi connectivity index (χ0) is 20.4. The van der Waals surface area contributed by atoms with E-state index in [0.717, 1.165) is 23.4 Å². The highest BCUT2D eigenvalue weighted by Gasteiger charge is 2.39. The molecule has 0 saturated carbocycles. The molecule has 0 bridgehead atoms. The third-order valence-corrected chi connectivity index (χ3v) is 5.06. The van der Waals surface area contributed by atoms with Crippen LogP contribution in [0.3, 0.4) is 0 Å². The number of hydrogen-bond acceptors (Lipinski definition) is 5. The molecule has 148 valence electrons. The molecule has 0 aliphatic heterocycles. The molecule has 0 fully saturated rings. The summed E-state index contributed by atoms with van der Waals surface area (Å²) in [6.07, 6.45) is 6.06. The van der Waals surface area contributed by atoms with Crippen molar-refractivity contribution in [2.75, 3.05) is 0 Å². The van der Waals surface area contributed by atoms with Crippen LogP contribution in [-0.2, 0) is 12.1 Å². The topological polar surface area (TPSA) is 81.6 Å². The molecule has 2 heterocycles. The molecular formula is C20H18F2N6O. The highest BCUT2D eigenvalue weighted by Crippen LogP contribution is 2.39. The minimum Gasteiger partial charge on any atom is -0.382 e. The van der Waals surface area contributed by atoms with Gasteiger partial charge in [0.15, 0.2) is 0 Å². The lowest BCUT2D eigenvalue weighted by molar-refractivity contribution is -0.0112. The van der Waals surface area contributed by atoms with Crippen LogP contribution < -0.4 is 0 Å². The maximum atomic E-state index is 14.6. The third kappa shape index (κ3) is 3.64. The molecule has 1 N–H and O–H groups in total. The lowest BCUT2D eigenvalue weighted by Gasteiger charge is -2.35. The summed E-state index contributed by atoms with van der Waals surface area (Å²) in [5.41, 5.74) is -0.144. The van der Waals surface area contributed by atoms with E-state index in [1.165, 1.54) is 23.4 Å². The molecule has 29 heavy (non-hydrogen) atoms. The van der Waals surface area contributed by atoms with Gasteiger partial charge in [0.1, 0.15) is 29.9 Å². The molecule has 7 nitrogen and oxygen atoms in total. The molecule has 0 amide bonds. The van der Waals surface area contributed by atoms with E-state index >= 15 is 0 Å². The number of aliphatic hydroxyl groups is 1. The summed E-state index contributed by atoms with van der Waals surface area (Å²) >= 11 is 0. The van der Waals surface area contributed by atoms with Crippen LogP contribution in [0, 0.1) is 11.6 Å². The average molecular weight is 396 g/mol. The molecule has 0 aliphatic rings. The quantitative estimate of drug-likeness (QED) is 0.542. The predicted molar refractivity (Wildman–Crippen MR) is 100 cm³/mol. The summed E-state index contributed by atoms with van der Waals surface area (Å²) in [4.78, 5) is 3.88. The SMILES string of the molecule is C[C@@H](c1ccc(-n2ccnn2)cc1)[C@](O)(Cn1cncn1)c1ccc(F)cc1F. The maximum Gasteiger partial charge on any atom is 0.137 e. The fraction of sp³-hybridized carbons (Fsp3) is 0.200. The fourth-order valence-electron chi connectivity index (χ4n) is 3.39. The van der Waals surface area contributed by atoms with E-state index in [0.29, 0.717) is 0 Å². The molecule has 2 aromatic carbocycles. The smallest absolute Gasteiger partial charge is 0.137 e. The molecule has 4 rings (SSSR count).